The molecule has 0 saturated carbocycles. The third-order valence-electron chi connectivity index (χ3n) is 3.02. The summed E-state index contributed by atoms with van der Waals surface area (Å²) in [4.78, 5) is 0. The summed E-state index contributed by atoms with van der Waals surface area (Å²) in [6, 6.07) is 18.1. The quantitative estimate of drug-likeness (QED) is 0.707. The number of benzene rings is 2. The molecule has 0 heteroatoms. The molecule has 0 saturated heterocycles. The number of aryl methyl sites for hydroxylation is 2. The van der Waals surface area contributed by atoms with Crippen LogP contribution in [0.15, 0.2) is 42.5 Å². The van der Waals surface area contributed by atoms with Crippen molar-refractivity contribution in [1.82, 2.24) is 0 Å². The average Bonchev–Trinajstić information content (AvgIpc) is 2.38. The van der Waals surface area contributed by atoms with E-state index in [0.717, 1.165) is 12.8 Å². The Labute approximate surface area is 97.9 Å². The van der Waals surface area contributed by atoms with Crippen LogP contribution in [-0.2, 0) is 12.8 Å². The van der Waals surface area contributed by atoms with Crippen LogP contribution < -0.4 is 0 Å². The van der Waals surface area contributed by atoms with Gasteiger partial charge in [0.1, 0.15) is 0 Å². The molecular formula is C16H17. The molecule has 0 bridgehead atoms. The molecular weight excluding hydrogens is 192 g/mol. The molecule has 0 fully saturated rings. The monoisotopic (exact) mass is 209 g/mol. The smallest absolute Gasteiger partial charge is 0.0149 e. The highest BCUT2D eigenvalue weighted by atomic mass is 14.1. The first kappa shape index (κ1) is 10.9. The molecule has 0 aliphatic carbocycles. The zero-order valence-electron chi connectivity index (χ0n) is 9.96. The van der Waals surface area contributed by atoms with Crippen LogP contribution in [0.4, 0.5) is 0 Å². The van der Waals surface area contributed by atoms with Crippen LogP contribution in [0.1, 0.15) is 25.0 Å². The van der Waals surface area contributed by atoms with Gasteiger partial charge in [-0.15, -0.1) is 0 Å². The molecule has 0 unspecified atom stereocenters. The third kappa shape index (κ3) is 2.01. The van der Waals surface area contributed by atoms with Crippen molar-refractivity contribution in [2.45, 2.75) is 26.7 Å². The van der Waals surface area contributed by atoms with E-state index in [1.807, 2.05) is 6.07 Å². The van der Waals surface area contributed by atoms with E-state index in [4.69, 9.17) is 0 Å². The summed E-state index contributed by atoms with van der Waals surface area (Å²) in [7, 11) is 0. The highest BCUT2D eigenvalue weighted by Gasteiger charge is 2.06. The van der Waals surface area contributed by atoms with Crippen molar-refractivity contribution in [3.05, 3.63) is 59.7 Å². The van der Waals surface area contributed by atoms with Gasteiger partial charge in [-0.2, -0.15) is 0 Å². The first-order valence-electron chi connectivity index (χ1n) is 5.94. The Morgan fingerprint density at radius 2 is 1.56 bits per heavy atom. The van der Waals surface area contributed by atoms with Gasteiger partial charge in [-0.25, -0.2) is 0 Å². The van der Waals surface area contributed by atoms with Gasteiger partial charge >= 0.3 is 0 Å². The molecule has 0 nitrogen and oxygen atoms in total. The Morgan fingerprint density at radius 1 is 0.875 bits per heavy atom. The van der Waals surface area contributed by atoms with E-state index in [1.165, 1.54) is 22.3 Å². The fourth-order valence-corrected chi connectivity index (χ4v) is 2.11. The largest absolute Gasteiger partial charge is 0.0620 e. The molecule has 0 spiro atoms. The van der Waals surface area contributed by atoms with Gasteiger partial charge in [0, 0.05) is 0 Å². The molecule has 81 valence electrons. The first-order chi connectivity index (χ1) is 7.86. The molecule has 16 heavy (non-hydrogen) atoms. The van der Waals surface area contributed by atoms with Crippen LogP contribution in [0.5, 0.6) is 0 Å². The Bertz CT molecular complexity index is 423. The van der Waals surface area contributed by atoms with Crippen LogP contribution in [-0.4, -0.2) is 0 Å². The first-order valence-corrected chi connectivity index (χ1v) is 5.94. The van der Waals surface area contributed by atoms with Crippen LogP contribution in [0.2, 0.25) is 0 Å². The van der Waals surface area contributed by atoms with Gasteiger partial charge < -0.3 is 0 Å². The van der Waals surface area contributed by atoms with Crippen LogP contribution in [0, 0.1) is 6.07 Å². The highest BCUT2D eigenvalue weighted by Crippen LogP contribution is 2.27. The van der Waals surface area contributed by atoms with E-state index in [9.17, 15) is 0 Å². The average molecular weight is 209 g/mol. The van der Waals surface area contributed by atoms with Crippen LogP contribution >= 0.6 is 0 Å². The van der Waals surface area contributed by atoms with E-state index >= 15 is 0 Å². The molecule has 0 atom stereocenters. The lowest BCUT2D eigenvalue weighted by atomic mass is 9.93. The van der Waals surface area contributed by atoms with Crippen molar-refractivity contribution in [3.63, 3.8) is 0 Å². The Balaban J connectivity index is 2.58. The number of rotatable bonds is 3. The van der Waals surface area contributed by atoms with Crippen LogP contribution in [0.25, 0.3) is 11.1 Å². The summed E-state index contributed by atoms with van der Waals surface area (Å²) in [6.45, 7) is 4.40. The van der Waals surface area contributed by atoms with Gasteiger partial charge in [-0.3, -0.25) is 0 Å². The SMILES string of the molecule is CCc1c[c]ccc1-c1ccccc1CC. The van der Waals surface area contributed by atoms with Crippen molar-refractivity contribution < 1.29 is 0 Å². The minimum absolute atomic E-state index is 1.06. The minimum Gasteiger partial charge on any atom is -0.0620 e. The number of hydrogen-bond donors (Lipinski definition) is 0. The van der Waals surface area contributed by atoms with E-state index in [-0.39, 0.29) is 0 Å². The minimum atomic E-state index is 1.06. The third-order valence-corrected chi connectivity index (χ3v) is 3.02. The lowest BCUT2D eigenvalue weighted by molar-refractivity contribution is 1.12. The Kier molecular flexibility index (Phi) is 3.40. The fourth-order valence-electron chi connectivity index (χ4n) is 2.11. The Morgan fingerprint density at radius 3 is 2.31 bits per heavy atom. The van der Waals surface area contributed by atoms with Gasteiger partial charge in [0.05, 0.1) is 0 Å². The molecule has 0 heterocycles. The van der Waals surface area contributed by atoms with E-state index in [0.29, 0.717) is 0 Å². The van der Waals surface area contributed by atoms with Crippen molar-refractivity contribution in [2.75, 3.05) is 0 Å². The molecule has 1 radical (unpaired) electrons. The van der Waals surface area contributed by atoms with Crippen molar-refractivity contribution >= 4 is 0 Å². The summed E-state index contributed by atoms with van der Waals surface area (Å²) in [5.41, 5.74) is 5.53. The summed E-state index contributed by atoms with van der Waals surface area (Å²) in [6.07, 6.45) is 2.14. The summed E-state index contributed by atoms with van der Waals surface area (Å²) >= 11 is 0. The van der Waals surface area contributed by atoms with Gasteiger partial charge in [0.25, 0.3) is 0 Å². The fraction of sp³-hybridized carbons (Fsp3) is 0.250. The molecule has 0 amide bonds. The second-order valence-electron chi connectivity index (χ2n) is 3.95. The second-order valence-corrected chi connectivity index (χ2v) is 3.95. The van der Waals surface area contributed by atoms with E-state index < -0.39 is 0 Å². The van der Waals surface area contributed by atoms with Crippen LogP contribution in [0.3, 0.4) is 0 Å². The molecule has 0 N–H and O–H groups in total. The molecule has 2 rings (SSSR count). The Hall–Kier alpha value is -1.56. The normalized spacial score (nSPS) is 10.4. The van der Waals surface area contributed by atoms with Gasteiger partial charge in [0.15, 0.2) is 0 Å². The zero-order chi connectivity index (χ0) is 11.4. The van der Waals surface area contributed by atoms with Crippen molar-refractivity contribution in [2.24, 2.45) is 0 Å². The van der Waals surface area contributed by atoms with E-state index in [2.05, 4.69) is 56.3 Å². The second kappa shape index (κ2) is 4.98. The van der Waals surface area contributed by atoms with Crippen molar-refractivity contribution in [3.8, 4) is 11.1 Å². The predicted molar refractivity (Wildman–Crippen MR) is 69.5 cm³/mol. The van der Waals surface area contributed by atoms with E-state index in [1.54, 1.807) is 0 Å². The topological polar surface area (TPSA) is 0 Å². The van der Waals surface area contributed by atoms with Gasteiger partial charge in [-0.05, 0) is 41.2 Å². The highest BCUT2D eigenvalue weighted by molar-refractivity contribution is 5.70. The molecule has 2 aromatic carbocycles. The summed E-state index contributed by atoms with van der Waals surface area (Å²) in [5, 5.41) is 0. The molecule has 0 aromatic heterocycles. The molecule has 0 aliphatic heterocycles. The lowest BCUT2D eigenvalue weighted by Gasteiger charge is -2.11. The maximum Gasteiger partial charge on any atom is -0.0149 e. The van der Waals surface area contributed by atoms with Crippen molar-refractivity contribution in [1.29, 1.82) is 0 Å². The maximum absolute atomic E-state index is 3.16. The van der Waals surface area contributed by atoms with Gasteiger partial charge in [0.2, 0.25) is 0 Å². The number of hydrogen-bond acceptors (Lipinski definition) is 0. The maximum atomic E-state index is 3.16. The lowest BCUT2D eigenvalue weighted by Crippen LogP contribution is -1.91. The predicted octanol–water partition coefficient (Wildman–Crippen LogP) is 4.28. The summed E-state index contributed by atoms with van der Waals surface area (Å²) < 4.78 is 0. The molecule has 0 aliphatic rings. The zero-order valence-corrected chi connectivity index (χ0v) is 9.96. The standard InChI is InChI=1S/C16H17/c1-3-13-9-5-7-11-15(13)16-12-8-6-10-14(16)4-2/h5,7-12H,3-4H2,1-2H3. The van der Waals surface area contributed by atoms with Gasteiger partial charge in [-0.1, -0.05) is 56.3 Å². The molecule has 2 aromatic rings. The summed E-state index contributed by atoms with van der Waals surface area (Å²) in [5.74, 6) is 0.